The molecule has 0 atom stereocenters. The fraction of sp³-hybridized carbons (Fsp3) is 0.667. The number of aromatic amines is 1. The molecule has 19 heavy (non-hydrogen) atoms. The van der Waals surface area contributed by atoms with Crippen LogP contribution in [0.25, 0.3) is 0 Å². The zero-order chi connectivity index (χ0) is 13.9. The number of ether oxygens (including phenoxy) is 1. The Morgan fingerprint density at radius 1 is 1.21 bits per heavy atom. The van der Waals surface area contributed by atoms with Crippen LogP contribution in [0.4, 0.5) is 13.2 Å². The smallest absolute Gasteiger partial charge is 0.364 e. The van der Waals surface area contributed by atoms with Crippen LogP contribution in [0.15, 0.2) is 0 Å². The lowest BCUT2D eigenvalue weighted by atomic mass is 10.1. The molecule has 1 N–H and O–H groups in total. The van der Waals surface area contributed by atoms with Gasteiger partial charge in [0.15, 0.2) is 0 Å². The van der Waals surface area contributed by atoms with Gasteiger partial charge in [0, 0.05) is 11.3 Å². The quantitative estimate of drug-likeness (QED) is 0.684. The van der Waals surface area contributed by atoms with Crippen molar-refractivity contribution in [2.24, 2.45) is 0 Å². The molecule has 1 aromatic rings. The number of aryl methyl sites for hydroxylation is 1. The van der Waals surface area contributed by atoms with Crippen molar-refractivity contribution in [1.29, 1.82) is 0 Å². The molecule has 7 heteroatoms. The van der Waals surface area contributed by atoms with E-state index in [1.165, 1.54) is 0 Å². The van der Waals surface area contributed by atoms with Gasteiger partial charge in [0.1, 0.15) is 23.7 Å². The largest absolute Gasteiger partial charge is 0.411 e. The normalized spacial score (nSPS) is 15.9. The van der Waals surface area contributed by atoms with Crippen LogP contribution in [-0.4, -0.2) is 22.8 Å². The number of rotatable bonds is 3. The van der Waals surface area contributed by atoms with E-state index in [4.69, 9.17) is 12.2 Å². The summed E-state index contributed by atoms with van der Waals surface area (Å²) in [6.45, 7) is -1.47. The van der Waals surface area contributed by atoms with Gasteiger partial charge in [-0.15, -0.1) is 0 Å². The van der Waals surface area contributed by atoms with E-state index >= 15 is 0 Å². The molecule has 0 spiro atoms. The van der Waals surface area contributed by atoms with Crippen molar-refractivity contribution in [3.8, 4) is 0 Å². The van der Waals surface area contributed by atoms with Crippen molar-refractivity contribution in [1.82, 2.24) is 9.97 Å². The first kappa shape index (κ1) is 14.5. The van der Waals surface area contributed by atoms with Crippen LogP contribution < -0.4 is 0 Å². The average Bonchev–Trinajstić information content (AvgIpc) is 2.52. The topological polar surface area (TPSA) is 37.9 Å². The van der Waals surface area contributed by atoms with Crippen LogP contribution in [0.3, 0.4) is 0 Å². The molecule has 0 bridgehead atoms. The number of halogens is 3. The standard InChI is InChI=1S/C12H15F3N2OS/c13-12(14,15)7-18-6-10-16-9-5-3-1-2-4-8(9)11(19)17-10/h1-7H2,(H,16,17,19). The number of alkyl halides is 3. The minimum absolute atomic E-state index is 0.198. The lowest BCUT2D eigenvalue weighted by Crippen LogP contribution is -2.17. The third-order valence-electron chi connectivity index (χ3n) is 3.01. The van der Waals surface area contributed by atoms with Gasteiger partial charge >= 0.3 is 6.18 Å². The van der Waals surface area contributed by atoms with E-state index in [2.05, 4.69) is 14.7 Å². The van der Waals surface area contributed by atoms with Crippen LogP contribution in [0.2, 0.25) is 0 Å². The van der Waals surface area contributed by atoms with Gasteiger partial charge in [0.05, 0.1) is 0 Å². The molecule has 0 saturated heterocycles. The summed E-state index contributed by atoms with van der Waals surface area (Å²) in [5, 5.41) is 0. The molecule has 1 aromatic heterocycles. The Labute approximate surface area is 114 Å². The van der Waals surface area contributed by atoms with Gasteiger partial charge in [-0.25, -0.2) is 4.98 Å². The fourth-order valence-electron chi connectivity index (χ4n) is 2.18. The minimum Gasteiger partial charge on any atom is -0.364 e. The highest BCUT2D eigenvalue weighted by atomic mass is 32.1. The monoisotopic (exact) mass is 292 g/mol. The summed E-state index contributed by atoms with van der Waals surface area (Å²) in [5.74, 6) is 0.370. The van der Waals surface area contributed by atoms with Crippen molar-refractivity contribution < 1.29 is 17.9 Å². The van der Waals surface area contributed by atoms with Gasteiger partial charge in [0.2, 0.25) is 0 Å². The van der Waals surface area contributed by atoms with Crippen LogP contribution in [0, 0.1) is 4.64 Å². The molecule has 1 aliphatic carbocycles. The Hall–Kier alpha value is -0.950. The first-order valence-corrected chi connectivity index (χ1v) is 6.62. The van der Waals surface area contributed by atoms with E-state index in [0.717, 1.165) is 43.4 Å². The average molecular weight is 292 g/mol. The number of hydrogen-bond donors (Lipinski definition) is 1. The van der Waals surface area contributed by atoms with E-state index in [-0.39, 0.29) is 6.61 Å². The Bertz CT molecular complexity index is 499. The van der Waals surface area contributed by atoms with Crippen LogP contribution in [0.1, 0.15) is 36.3 Å². The number of nitrogens with one attached hydrogen (secondary N) is 1. The van der Waals surface area contributed by atoms with Crippen LogP contribution in [0.5, 0.6) is 0 Å². The summed E-state index contributed by atoms with van der Waals surface area (Å²) < 4.78 is 41.0. The van der Waals surface area contributed by atoms with Gasteiger partial charge < -0.3 is 9.72 Å². The van der Waals surface area contributed by atoms with Crippen molar-refractivity contribution in [3.05, 3.63) is 21.7 Å². The molecule has 0 saturated carbocycles. The Kier molecular flexibility index (Phi) is 4.57. The molecule has 1 aliphatic rings. The molecule has 0 aliphatic heterocycles. The molecule has 0 fully saturated rings. The number of fused-ring (bicyclic) bond motifs is 1. The summed E-state index contributed by atoms with van der Waals surface area (Å²) in [5.41, 5.74) is 2.04. The molecule has 0 unspecified atom stereocenters. The zero-order valence-corrected chi connectivity index (χ0v) is 11.2. The SMILES string of the molecule is FC(F)(F)COCc1nc(=S)c2c([nH]1)CCCCC2. The predicted octanol–water partition coefficient (Wildman–Crippen LogP) is 3.49. The van der Waals surface area contributed by atoms with Gasteiger partial charge in [-0.05, 0) is 25.7 Å². The zero-order valence-electron chi connectivity index (χ0n) is 10.3. The lowest BCUT2D eigenvalue weighted by Gasteiger charge is -2.10. The lowest BCUT2D eigenvalue weighted by molar-refractivity contribution is -0.177. The van der Waals surface area contributed by atoms with Gasteiger partial charge in [-0.1, -0.05) is 18.6 Å². The second-order valence-corrected chi connectivity index (χ2v) is 5.00. The maximum absolute atomic E-state index is 12.0. The summed E-state index contributed by atoms with van der Waals surface area (Å²) in [4.78, 5) is 7.18. The Balaban J connectivity index is 2.08. The second kappa shape index (κ2) is 6.00. The van der Waals surface area contributed by atoms with Crippen molar-refractivity contribution in [2.45, 2.75) is 44.9 Å². The Morgan fingerprint density at radius 3 is 2.68 bits per heavy atom. The fourth-order valence-corrected chi connectivity index (χ4v) is 2.52. The predicted molar refractivity (Wildman–Crippen MR) is 66.4 cm³/mol. The van der Waals surface area contributed by atoms with Crippen LogP contribution >= 0.6 is 12.2 Å². The van der Waals surface area contributed by atoms with Crippen molar-refractivity contribution in [2.75, 3.05) is 6.61 Å². The van der Waals surface area contributed by atoms with Gasteiger partial charge in [-0.2, -0.15) is 13.2 Å². The van der Waals surface area contributed by atoms with Crippen LogP contribution in [-0.2, 0) is 24.2 Å². The highest BCUT2D eigenvalue weighted by Gasteiger charge is 2.27. The van der Waals surface area contributed by atoms with E-state index < -0.39 is 12.8 Å². The molecule has 0 radical (unpaired) electrons. The van der Waals surface area contributed by atoms with Crippen molar-refractivity contribution in [3.63, 3.8) is 0 Å². The highest BCUT2D eigenvalue weighted by molar-refractivity contribution is 7.71. The Morgan fingerprint density at radius 2 is 1.95 bits per heavy atom. The third-order valence-corrected chi connectivity index (χ3v) is 3.35. The molecule has 3 nitrogen and oxygen atoms in total. The maximum Gasteiger partial charge on any atom is 0.411 e. The van der Waals surface area contributed by atoms with E-state index in [9.17, 15) is 13.2 Å². The number of H-pyrrole nitrogens is 1. The summed E-state index contributed by atoms with van der Waals surface area (Å²) in [6, 6.07) is 0. The highest BCUT2D eigenvalue weighted by Crippen LogP contribution is 2.20. The minimum atomic E-state index is -4.32. The van der Waals surface area contributed by atoms with Crippen molar-refractivity contribution >= 4 is 12.2 Å². The maximum atomic E-state index is 12.0. The first-order valence-electron chi connectivity index (χ1n) is 6.21. The van der Waals surface area contributed by atoms with E-state index in [1.807, 2.05) is 0 Å². The summed E-state index contributed by atoms with van der Waals surface area (Å²) >= 11 is 5.20. The third kappa shape index (κ3) is 4.28. The molecular formula is C12H15F3N2OS. The molecule has 106 valence electrons. The number of hydrogen-bond acceptors (Lipinski definition) is 3. The number of aromatic nitrogens is 2. The number of nitrogens with zero attached hydrogens (tertiary/aromatic N) is 1. The first-order chi connectivity index (χ1) is 8.96. The second-order valence-electron chi connectivity index (χ2n) is 4.61. The van der Waals surface area contributed by atoms with E-state index in [0.29, 0.717) is 10.5 Å². The molecule has 2 rings (SSSR count). The molecular weight excluding hydrogens is 277 g/mol. The molecule has 1 heterocycles. The molecule has 0 aromatic carbocycles. The molecule has 0 amide bonds. The summed E-state index contributed by atoms with van der Waals surface area (Å²) in [6.07, 6.45) is 0.718. The van der Waals surface area contributed by atoms with Gasteiger partial charge in [-0.3, -0.25) is 0 Å². The summed E-state index contributed by atoms with van der Waals surface area (Å²) in [7, 11) is 0. The van der Waals surface area contributed by atoms with Gasteiger partial charge in [0.25, 0.3) is 0 Å². The van der Waals surface area contributed by atoms with E-state index in [1.54, 1.807) is 0 Å².